The summed E-state index contributed by atoms with van der Waals surface area (Å²) in [5.41, 5.74) is -1.93. The SMILES string of the molecule is O=C(Nc1cccc(C(F)(F)F)c1)C(=Cc1c[nH]c2ccccc12)C(=O)Nc1cccc(C(F)(F)F)c1. The fourth-order valence-electron chi connectivity index (χ4n) is 3.55. The molecule has 0 aliphatic rings. The molecule has 0 radical (unpaired) electrons. The van der Waals surface area contributed by atoms with Gasteiger partial charge in [0.25, 0.3) is 11.8 Å². The van der Waals surface area contributed by atoms with Gasteiger partial charge in [0.2, 0.25) is 0 Å². The monoisotopic (exact) mass is 517 g/mol. The molecule has 3 aromatic carbocycles. The Bertz CT molecular complexity index is 1430. The fraction of sp³-hybridized carbons (Fsp3) is 0.0769. The van der Waals surface area contributed by atoms with Crippen LogP contribution >= 0.6 is 0 Å². The van der Waals surface area contributed by atoms with Gasteiger partial charge in [0.1, 0.15) is 5.57 Å². The van der Waals surface area contributed by atoms with Crippen LogP contribution in [0.15, 0.2) is 84.6 Å². The van der Waals surface area contributed by atoms with E-state index in [2.05, 4.69) is 15.6 Å². The van der Waals surface area contributed by atoms with Gasteiger partial charge in [0.05, 0.1) is 11.1 Å². The first-order chi connectivity index (χ1) is 17.4. The molecule has 5 nitrogen and oxygen atoms in total. The Hall–Kier alpha value is -4.54. The smallest absolute Gasteiger partial charge is 0.361 e. The topological polar surface area (TPSA) is 74.0 Å². The molecule has 190 valence electrons. The molecule has 11 heteroatoms. The number of hydrogen-bond donors (Lipinski definition) is 3. The zero-order chi connectivity index (χ0) is 26.8. The average molecular weight is 517 g/mol. The lowest BCUT2D eigenvalue weighted by molar-refractivity contribution is -0.138. The summed E-state index contributed by atoms with van der Waals surface area (Å²) in [6.45, 7) is 0. The molecule has 0 bridgehead atoms. The summed E-state index contributed by atoms with van der Waals surface area (Å²) in [6.07, 6.45) is -6.61. The number of halogens is 6. The second kappa shape index (κ2) is 9.84. The van der Waals surface area contributed by atoms with Crippen molar-refractivity contribution in [3.63, 3.8) is 0 Å². The van der Waals surface area contributed by atoms with E-state index in [1.807, 2.05) is 0 Å². The van der Waals surface area contributed by atoms with Crippen molar-refractivity contribution in [2.75, 3.05) is 10.6 Å². The number of rotatable bonds is 5. The maximum absolute atomic E-state index is 13.1. The third-order valence-corrected chi connectivity index (χ3v) is 5.31. The molecule has 3 N–H and O–H groups in total. The highest BCUT2D eigenvalue weighted by atomic mass is 19.4. The predicted molar refractivity (Wildman–Crippen MR) is 126 cm³/mol. The molecule has 1 aromatic heterocycles. The summed E-state index contributed by atoms with van der Waals surface area (Å²) in [7, 11) is 0. The third-order valence-electron chi connectivity index (χ3n) is 5.31. The first kappa shape index (κ1) is 25.5. The number of fused-ring (bicyclic) bond motifs is 1. The number of amides is 2. The predicted octanol–water partition coefficient (Wildman–Crippen LogP) is 6.87. The van der Waals surface area contributed by atoms with Gasteiger partial charge in [-0.25, -0.2) is 0 Å². The number of benzene rings is 3. The maximum Gasteiger partial charge on any atom is 0.416 e. The zero-order valence-electron chi connectivity index (χ0n) is 18.7. The second-order valence-electron chi connectivity index (χ2n) is 7.91. The summed E-state index contributed by atoms with van der Waals surface area (Å²) in [5.74, 6) is -2.12. The third kappa shape index (κ3) is 6.00. The van der Waals surface area contributed by atoms with Gasteiger partial charge in [-0.1, -0.05) is 30.3 Å². The molecule has 4 aromatic rings. The highest BCUT2D eigenvalue weighted by Gasteiger charge is 2.32. The molecule has 0 saturated heterocycles. The Kier molecular flexibility index (Phi) is 6.80. The van der Waals surface area contributed by atoms with E-state index >= 15 is 0 Å². The Balaban J connectivity index is 1.70. The molecule has 0 unspecified atom stereocenters. The molecule has 4 rings (SSSR count). The van der Waals surface area contributed by atoms with E-state index in [9.17, 15) is 35.9 Å². The van der Waals surface area contributed by atoms with E-state index in [-0.39, 0.29) is 11.4 Å². The Labute approximate surface area is 205 Å². The van der Waals surface area contributed by atoms with Crippen LogP contribution in [-0.4, -0.2) is 16.8 Å². The lowest BCUT2D eigenvalue weighted by atomic mass is 10.1. The number of aromatic nitrogens is 1. The number of carbonyl (C=O) groups excluding carboxylic acids is 2. The number of carbonyl (C=O) groups is 2. The molecule has 1 heterocycles. The van der Waals surface area contributed by atoms with Gasteiger partial charge in [-0.3, -0.25) is 9.59 Å². The minimum Gasteiger partial charge on any atom is -0.361 e. The van der Waals surface area contributed by atoms with Crippen LogP contribution < -0.4 is 10.6 Å². The number of nitrogens with one attached hydrogen (secondary N) is 3. The van der Waals surface area contributed by atoms with Crippen molar-refractivity contribution >= 4 is 40.2 Å². The van der Waals surface area contributed by atoms with Crippen LogP contribution in [0.5, 0.6) is 0 Å². The Morgan fingerprint density at radius 3 is 1.73 bits per heavy atom. The molecule has 0 aliphatic heterocycles. The Morgan fingerprint density at radius 1 is 0.703 bits per heavy atom. The summed E-state index contributed by atoms with van der Waals surface area (Å²) < 4.78 is 78.5. The second-order valence-corrected chi connectivity index (χ2v) is 7.91. The molecule has 0 aliphatic carbocycles. The minimum absolute atomic E-state index is 0.225. The van der Waals surface area contributed by atoms with Crippen molar-refractivity contribution in [2.45, 2.75) is 12.4 Å². The number of H-pyrrole nitrogens is 1. The fourth-order valence-corrected chi connectivity index (χ4v) is 3.55. The van der Waals surface area contributed by atoms with Crippen molar-refractivity contribution < 1.29 is 35.9 Å². The van der Waals surface area contributed by atoms with E-state index in [0.29, 0.717) is 28.6 Å². The lowest BCUT2D eigenvalue weighted by Gasteiger charge is -2.13. The Morgan fingerprint density at radius 2 is 1.22 bits per heavy atom. The average Bonchev–Trinajstić information content (AvgIpc) is 3.24. The highest BCUT2D eigenvalue weighted by Crippen LogP contribution is 2.32. The summed E-state index contributed by atoms with van der Waals surface area (Å²) in [6, 6.07) is 14.6. The number of aromatic amines is 1. The molecule has 0 spiro atoms. The van der Waals surface area contributed by atoms with E-state index in [0.717, 1.165) is 24.3 Å². The molecule has 2 amide bonds. The zero-order valence-corrected chi connectivity index (χ0v) is 18.7. The lowest BCUT2D eigenvalue weighted by Crippen LogP contribution is -2.25. The number of alkyl halides is 6. The van der Waals surface area contributed by atoms with Gasteiger partial charge in [-0.05, 0) is 48.5 Å². The van der Waals surface area contributed by atoms with Crippen LogP contribution in [0.25, 0.3) is 17.0 Å². The first-order valence-corrected chi connectivity index (χ1v) is 10.7. The van der Waals surface area contributed by atoms with Crippen molar-refractivity contribution in [1.29, 1.82) is 0 Å². The molecule has 0 saturated carbocycles. The molecular weight excluding hydrogens is 500 g/mol. The van der Waals surface area contributed by atoms with Crippen molar-refractivity contribution in [2.24, 2.45) is 0 Å². The molecule has 0 atom stereocenters. The molecule has 0 fully saturated rings. The van der Waals surface area contributed by atoms with Crippen LogP contribution in [0.1, 0.15) is 16.7 Å². The normalized spacial score (nSPS) is 11.7. The van der Waals surface area contributed by atoms with Crippen LogP contribution in [-0.2, 0) is 21.9 Å². The van der Waals surface area contributed by atoms with Crippen molar-refractivity contribution in [1.82, 2.24) is 4.98 Å². The van der Waals surface area contributed by atoms with Crippen LogP contribution in [0.4, 0.5) is 37.7 Å². The van der Waals surface area contributed by atoms with E-state index in [4.69, 9.17) is 0 Å². The summed E-state index contributed by atoms with van der Waals surface area (Å²) in [4.78, 5) is 29.1. The molecule has 37 heavy (non-hydrogen) atoms. The van der Waals surface area contributed by atoms with Crippen LogP contribution in [0.2, 0.25) is 0 Å². The molecular formula is C26H17F6N3O2. The van der Waals surface area contributed by atoms with E-state index in [1.165, 1.54) is 24.4 Å². The van der Waals surface area contributed by atoms with Gasteiger partial charge in [-0.15, -0.1) is 0 Å². The van der Waals surface area contributed by atoms with Crippen molar-refractivity contribution in [3.05, 3.63) is 101 Å². The summed E-state index contributed by atoms with van der Waals surface area (Å²) >= 11 is 0. The van der Waals surface area contributed by atoms with Gasteiger partial charge in [0, 0.05) is 34.0 Å². The number of para-hydroxylation sites is 1. The van der Waals surface area contributed by atoms with Gasteiger partial charge >= 0.3 is 12.4 Å². The van der Waals surface area contributed by atoms with E-state index in [1.54, 1.807) is 24.3 Å². The van der Waals surface area contributed by atoms with Gasteiger partial charge < -0.3 is 15.6 Å². The van der Waals surface area contributed by atoms with Crippen LogP contribution in [0, 0.1) is 0 Å². The van der Waals surface area contributed by atoms with E-state index < -0.39 is 40.9 Å². The van der Waals surface area contributed by atoms with Crippen molar-refractivity contribution in [3.8, 4) is 0 Å². The quantitative estimate of drug-likeness (QED) is 0.117. The maximum atomic E-state index is 13.1. The highest BCUT2D eigenvalue weighted by molar-refractivity contribution is 6.29. The number of hydrogen-bond acceptors (Lipinski definition) is 2. The largest absolute Gasteiger partial charge is 0.416 e. The number of anilines is 2. The standard InChI is InChI=1S/C26H17F6N3O2/c27-25(28,29)16-5-3-7-18(12-16)34-23(36)21(11-15-14-33-22-10-2-1-9-20(15)22)24(37)35-19-8-4-6-17(13-19)26(30,31)32/h1-14,33H,(H,34,36)(H,35,37). The van der Waals surface area contributed by atoms with Crippen LogP contribution in [0.3, 0.4) is 0 Å². The summed E-state index contributed by atoms with van der Waals surface area (Å²) in [5, 5.41) is 5.16. The van der Waals surface area contributed by atoms with Gasteiger partial charge in [-0.2, -0.15) is 26.3 Å². The first-order valence-electron chi connectivity index (χ1n) is 10.7. The minimum atomic E-state index is -4.66. The van der Waals surface area contributed by atoms with Gasteiger partial charge in [0.15, 0.2) is 0 Å².